The number of carbonyl (C=O) groups is 2. The minimum atomic E-state index is -1.03. The van der Waals surface area contributed by atoms with E-state index in [0.717, 1.165) is 6.54 Å². The molecule has 5 heteroatoms. The van der Waals surface area contributed by atoms with Gasteiger partial charge in [-0.1, -0.05) is 6.92 Å². The van der Waals surface area contributed by atoms with Crippen molar-refractivity contribution in [2.75, 3.05) is 13.6 Å². The van der Waals surface area contributed by atoms with Gasteiger partial charge in [0.1, 0.15) is 5.69 Å². The van der Waals surface area contributed by atoms with Crippen LogP contribution in [0.1, 0.15) is 45.4 Å². The number of carbonyl (C=O) groups excluding carboxylic acids is 1. The number of H-pyrrole nitrogens is 1. The first-order valence-corrected chi connectivity index (χ1v) is 6.50. The molecule has 5 nitrogen and oxygen atoms in total. The zero-order valence-corrected chi connectivity index (χ0v) is 11.8. The number of nitrogens with one attached hydrogen (secondary N) is 1. The van der Waals surface area contributed by atoms with Crippen LogP contribution in [0.25, 0.3) is 0 Å². The van der Waals surface area contributed by atoms with Crippen molar-refractivity contribution < 1.29 is 14.7 Å². The highest BCUT2D eigenvalue weighted by Crippen LogP contribution is 2.38. The molecule has 1 heterocycles. The van der Waals surface area contributed by atoms with Gasteiger partial charge in [-0.15, -0.1) is 0 Å². The molecule has 0 aromatic carbocycles. The number of aromatic carboxylic acids is 1. The van der Waals surface area contributed by atoms with E-state index in [1.165, 1.54) is 6.42 Å². The smallest absolute Gasteiger partial charge is 0.352 e. The second-order valence-electron chi connectivity index (χ2n) is 5.59. The van der Waals surface area contributed by atoms with E-state index in [4.69, 9.17) is 5.11 Å². The molecule has 0 aliphatic heterocycles. The first-order valence-electron chi connectivity index (χ1n) is 6.50. The molecule has 1 aromatic heterocycles. The van der Waals surface area contributed by atoms with Crippen molar-refractivity contribution in [2.24, 2.45) is 11.8 Å². The normalized spacial score (nSPS) is 21.3. The SMILES string of the molecule is Cc1[nH]c(C(=O)O)c(C)c1C(=O)N(C)CC1CC1C. The molecule has 1 aliphatic rings. The van der Waals surface area contributed by atoms with Gasteiger partial charge in [-0.25, -0.2) is 4.79 Å². The summed E-state index contributed by atoms with van der Waals surface area (Å²) in [6.45, 7) is 6.33. The minimum absolute atomic E-state index is 0.0992. The van der Waals surface area contributed by atoms with Crippen LogP contribution < -0.4 is 0 Å². The fraction of sp³-hybridized carbons (Fsp3) is 0.571. The molecule has 1 amide bonds. The molecule has 104 valence electrons. The maximum Gasteiger partial charge on any atom is 0.352 e. The molecule has 1 saturated carbocycles. The van der Waals surface area contributed by atoms with E-state index >= 15 is 0 Å². The Morgan fingerprint density at radius 3 is 2.42 bits per heavy atom. The van der Waals surface area contributed by atoms with Gasteiger partial charge in [0.05, 0.1) is 5.56 Å². The van der Waals surface area contributed by atoms with E-state index < -0.39 is 5.97 Å². The number of aryl methyl sites for hydroxylation is 1. The Bertz CT molecular complexity index is 533. The van der Waals surface area contributed by atoms with Crippen LogP contribution in [0.15, 0.2) is 0 Å². The molecule has 2 unspecified atom stereocenters. The second-order valence-corrected chi connectivity index (χ2v) is 5.59. The molecule has 0 bridgehead atoms. The van der Waals surface area contributed by atoms with Crippen LogP contribution >= 0.6 is 0 Å². The number of hydrogen-bond acceptors (Lipinski definition) is 2. The predicted octanol–water partition coefficient (Wildman–Crippen LogP) is 2.06. The van der Waals surface area contributed by atoms with E-state index in [-0.39, 0.29) is 11.6 Å². The Morgan fingerprint density at radius 2 is 2.00 bits per heavy atom. The lowest BCUT2D eigenvalue weighted by Gasteiger charge is -2.17. The van der Waals surface area contributed by atoms with Crippen molar-refractivity contribution >= 4 is 11.9 Å². The number of amides is 1. The van der Waals surface area contributed by atoms with Gasteiger partial charge in [0.2, 0.25) is 0 Å². The molecule has 0 spiro atoms. The number of aromatic nitrogens is 1. The average molecular weight is 264 g/mol. The molecule has 2 atom stereocenters. The number of carboxylic acids is 1. The molecule has 2 N–H and O–H groups in total. The van der Waals surface area contributed by atoms with Crippen LogP contribution in [0, 0.1) is 25.7 Å². The summed E-state index contributed by atoms with van der Waals surface area (Å²) < 4.78 is 0. The van der Waals surface area contributed by atoms with Gasteiger partial charge < -0.3 is 15.0 Å². The summed E-state index contributed by atoms with van der Waals surface area (Å²) in [5.74, 6) is 0.154. The lowest BCUT2D eigenvalue weighted by molar-refractivity contribution is 0.0690. The maximum atomic E-state index is 12.4. The first kappa shape index (κ1) is 13.6. The molecule has 1 aromatic rings. The zero-order valence-electron chi connectivity index (χ0n) is 11.8. The van der Waals surface area contributed by atoms with Gasteiger partial charge in [0.15, 0.2) is 0 Å². The highest BCUT2D eigenvalue weighted by molar-refractivity contribution is 6.00. The minimum Gasteiger partial charge on any atom is -0.477 e. The van der Waals surface area contributed by atoms with Crippen molar-refractivity contribution in [1.29, 1.82) is 0 Å². The number of aromatic amines is 1. The second kappa shape index (κ2) is 4.72. The summed E-state index contributed by atoms with van der Waals surface area (Å²) in [5, 5.41) is 9.06. The van der Waals surface area contributed by atoms with E-state index in [1.807, 2.05) is 0 Å². The number of hydrogen-bond donors (Lipinski definition) is 2. The lowest BCUT2D eigenvalue weighted by atomic mass is 10.1. The fourth-order valence-corrected chi connectivity index (χ4v) is 2.56. The van der Waals surface area contributed by atoms with Crippen LogP contribution in [-0.2, 0) is 0 Å². The third kappa shape index (κ3) is 2.50. The summed E-state index contributed by atoms with van der Waals surface area (Å²) in [4.78, 5) is 27.9. The highest BCUT2D eigenvalue weighted by atomic mass is 16.4. The molecular weight excluding hydrogens is 244 g/mol. The Kier molecular flexibility index (Phi) is 3.39. The van der Waals surface area contributed by atoms with Gasteiger partial charge in [-0.3, -0.25) is 4.79 Å². The number of nitrogens with zero attached hydrogens (tertiary/aromatic N) is 1. The van der Waals surface area contributed by atoms with Gasteiger partial charge in [0.25, 0.3) is 5.91 Å². The van der Waals surface area contributed by atoms with Crippen molar-refractivity contribution in [3.63, 3.8) is 0 Å². The van der Waals surface area contributed by atoms with Crippen molar-refractivity contribution in [3.05, 3.63) is 22.5 Å². The van der Waals surface area contributed by atoms with E-state index in [2.05, 4.69) is 11.9 Å². The Hall–Kier alpha value is -1.78. The third-order valence-electron chi connectivity index (χ3n) is 4.00. The van der Waals surface area contributed by atoms with Crippen LogP contribution in [0.4, 0.5) is 0 Å². The van der Waals surface area contributed by atoms with E-state index in [0.29, 0.717) is 28.7 Å². The maximum absolute atomic E-state index is 12.4. The van der Waals surface area contributed by atoms with Crippen molar-refractivity contribution in [1.82, 2.24) is 9.88 Å². The summed E-state index contributed by atoms with van der Waals surface area (Å²) in [7, 11) is 1.78. The molecular formula is C14H20N2O3. The summed E-state index contributed by atoms with van der Waals surface area (Å²) in [5.41, 5.74) is 1.74. The molecule has 19 heavy (non-hydrogen) atoms. The van der Waals surface area contributed by atoms with Crippen LogP contribution in [0.3, 0.4) is 0 Å². The topological polar surface area (TPSA) is 73.4 Å². The van der Waals surface area contributed by atoms with Gasteiger partial charge in [-0.2, -0.15) is 0 Å². The van der Waals surface area contributed by atoms with Crippen molar-refractivity contribution in [2.45, 2.75) is 27.2 Å². The Labute approximate surface area is 112 Å². The first-order chi connectivity index (χ1) is 8.82. The van der Waals surface area contributed by atoms with Gasteiger partial charge in [-0.05, 0) is 37.7 Å². The Morgan fingerprint density at radius 1 is 1.42 bits per heavy atom. The fourth-order valence-electron chi connectivity index (χ4n) is 2.56. The third-order valence-corrected chi connectivity index (χ3v) is 4.00. The molecule has 2 rings (SSSR count). The van der Waals surface area contributed by atoms with E-state index in [9.17, 15) is 9.59 Å². The van der Waals surface area contributed by atoms with Gasteiger partial charge in [0, 0.05) is 19.3 Å². The molecule has 0 radical (unpaired) electrons. The summed E-state index contributed by atoms with van der Waals surface area (Å²) in [6, 6.07) is 0. The molecule has 1 aliphatic carbocycles. The zero-order chi connectivity index (χ0) is 14.3. The molecule has 1 fully saturated rings. The monoisotopic (exact) mass is 264 g/mol. The average Bonchev–Trinajstić information content (AvgIpc) is 2.91. The number of rotatable bonds is 4. The lowest BCUT2D eigenvalue weighted by Crippen LogP contribution is -2.29. The van der Waals surface area contributed by atoms with Gasteiger partial charge >= 0.3 is 5.97 Å². The van der Waals surface area contributed by atoms with Crippen LogP contribution in [-0.4, -0.2) is 40.5 Å². The summed E-state index contributed by atoms with van der Waals surface area (Å²) in [6.07, 6.45) is 1.17. The van der Waals surface area contributed by atoms with E-state index in [1.54, 1.807) is 25.8 Å². The largest absolute Gasteiger partial charge is 0.477 e. The van der Waals surface area contributed by atoms with Crippen molar-refractivity contribution in [3.8, 4) is 0 Å². The Balaban J connectivity index is 2.21. The number of carboxylic acid groups (broad SMARTS) is 1. The van der Waals surface area contributed by atoms with Crippen LogP contribution in [0.2, 0.25) is 0 Å². The highest BCUT2D eigenvalue weighted by Gasteiger charge is 2.35. The predicted molar refractivity (Wildman–Crippen MR) is 71.5 cm³/mol. The molecule has 0 saturated heterocycles. The quantitative estimate of drug-likeness (QED) is 0.874. The summed E-state index contributed by atoms with van der Waals surface area (Å²) >= 11 is 0. The standard InChI is InChI=1S/C14H20N2O3/c1-7-5-10(7)6-16(4)13(17)11-8(2)12(14(18)19)15-9(11)3/h7,10,15H,5-6H2,1-4H3,(H,18,19). The van der Waals surface area contributed by atoms with Crippen LogP contribution in [0.5, 0.6) is 0 Å².